The Bertz CT molecular complexity index is 581. The molecule has 0 saturated carbocycles. The van der Waals surface area contributed by atoms with Crippen LogP contribution in [0.4, 0.5) is 5.13 Å². The molecular formula is C10H16N4O4S3. The zero-order valence-corrected chi connectivity index (χ0v) is 13.6. The number of rotatable bonds is 6. The highest BCUT2D eigenvalue weighted by Crippen LogP contribution is 2.26. The van der Waals surface area contributed by atoms with Crippen molar-refractivity contribution in [3.63, 3.8) is 0 Å². The first kappa shape index (κ1) is 16.5. The van der Waals surface area contributed by atoms with Crippen LogP contribution in [0.1, 0.15) is 25.7 Å². The van der Waals surface area contributed by atoms with E-state index >= 15 is 0 Å². The molecular weight excluding hydrogens is 336 g/mol. The first-order chi connectivity index (χ1) is 9.97. The van der Waals surface area contributed by atoms with E-state index in [-0.39, 0.29) is 10.9 Å². The molecule has 0 aromatic carbocycles. The lowest BCUT2D eigenvalue weighted by molar-refractivity contribution is -0.133. The van der Waals surface area contributed by atoms with Crippen LogP contribution in [0.15, 0.2) is 4.34 Å². The van der Waals surface area contributed by atoms with Crippen LogP contribution < -0.4 is 4.72 Å². The zero-order valence-electron chi connectivity index (χ0n) is 11.2. The van der Waals surface area contributed by atoms with E-state index in [4.69, 9.17) is 5.11 Å². The summed E-state index contributed by atoms with van der Waals surface area (Å²) in [5.74, 6) is -1.09. The maximum absolute atomic E-state index is 12.2. The number of carboxylic acids is 1. The van der Waals surface area contributed by atoms with Gasteiger partial charge in [-0.2, -0.15) is 12.7 Å². The quantitative estimate of drug-likeness (QED) is 0.741. The van der Waals surface area contributed by atoms with Gasteiger partial charge in [0.25, 0.3) is 0 Å². The third kappa shape index (κ3) is 5.09. The maximum Gasteiger partial charge on any atom is 0.313 e. The van der Waals surface area contributed by atoms with Crippen molar-refractivity contribution in [2.24, 2.45) is 0 Å². The predicted octanol–water partition coefficient (Wildman–Crippen LogP) is 1.25. The summed E-state index contributed by atoms with van der Waals surface area (Å²) in [5.41, 5.74) is 0. The molecule has 0 atom stereocenters. The molecule has 2 rings (SSSR count). The number of hydrogen-bond acceptors (Lipinski definition) is 7. The Balaban J connectivity index is 1.97. The fourth-order valence-electron chi connectivity index (χ4n) is 1.89. The lowest BCUT2D eigenvalue weighted by Gasteiger charge is -2.19. The summed E-state index contributed by atoms with van der Waals surface area (Å²) in [4.78, 5) is 10.5. The van der Waals surface area contributed by atoms with Gasteiger partial charge in [-0.25, -0.2) is 4.72 Å². The van der Waals surface area contributed by atoms with Gasteiger partial charge >= 0.3 is 16.2 Å². The number of aliphatic carboxylic acids is 1. The highest BCUT2D eigenvalue weighted by Gasteiger charge is 2.24. The Morgan fingerprint density at radius 2 is 1.95 bits per heavy atom. The minimum atomic E-state index is -3.61. The molecule has 0 radical (unpaired) electrons. The molecule has 8 nitrogen and oxygen atoms in total. The van der Waals surface area contributed by atoms with Crippen LogP contribution >= 0.6 is 23.1 Å². The molecule has 0 spiro atoms. The number of carbonyl (C=O) groups is 1. The van der Waals surface area contributed by atoms with Crippen molar-refractivity contribution in [2.45, 2.75) is 30.0 Å². The molecule has 1 aromatic heterocycles. The van der Waals surface area contributed by atoms with Gasteiger partial charge in [0.2, 0.25) is 5.13 Å². The lowest BCUT2D eigenvalue weighted by Crippen LogP contribution is -2.36. The number of nitrogens with one attached hydrogen (secondary N) is 1. The molecule has 1 aromatic rings. The van der Waals surface area contributed by atoms with Crippen molar-refractivity contribution in [1.29, 1.82) is 0 Å². The smallest absolute Gasteiger partial charge is 0.313 e. The second-order valence-corrected chi connectivity index (χ2v) is 8.35. The van der Waals surface area contributed by atoms with Gasteiger partial charge in [-0.3, -0.25) is 4.79 Å². The molecule has 0 unspecified atom stereocenters. The molecule has 1 aliphatic heterocycles. The fraction of sp³-hybridized carbons (Fsp3) is 0.700. The minimum absolute atomic E-state index is 0.131. The first-order valence-electron chi connectivity index (χ1n) is 6.43. The Morgan fingerprint density at radius 3 is 2.57 bits per heavy atom. The molecule has 2 heterocycles. The lowest BCUT2D eigenvalue weighted by atomic mass is 10.2. The van der Waals surface area contributed by atoms with Crippen molar-refractivity contribution in [3.8, 4) is 0 Å². The fourth-order valence-corrected chi connectivity index (χ4v) is 4.83. The van der Waals surface area contributed by atoms with Crippen LogP contribution in [0.5, 0.6) is 0 Å². The summed E-state index contributed by atoms with van der Waals surface area (Å²) >= 11 is 2.04. The van der Waals surface area contributed by atoms with E-state index < -0.39 is 16.2 Å². The number of aromatic nitrogens is 2. The van der Waals surface area contributed by atoms with Crippen molar-refractivity contribution in [3.05, 3.63) is 0 Å². The van der Waals surface area contributed by atoms with Crippen LogP contribution in [0.2, 0.25) is 0 Å². The van der Waals surface area contributed by atoms with Crippen LogP contribution in [-0.2, 0) is 15.0 Å². The highest BCUT2D eigenvalue weighted by atomic mass is 32.2. The topological polar surface area (TPSA) is 112 Å². The van der Waals surface area contributed by atoms with Crippen molar-refractivity contribution < 1.29 is 18.3 Å². The second kappa shape index (κ2) is 7.38. The van der Waals surface area contributed by atoms with Gasteiger partial charge in [-0.05, 0) is 12.8 Å². The Morgan fingerprint density at radius 1 is 1.29 bits per heavy atom. The van der Waals surface area contributed by atoms with E-state index in [1.54, 1.807) is 0 Å². The number of nitrogens with zero attached hydrogens (tertiary/aromatic N) is 3. The minimum Gasteiger partial charge on any atom is -0.481 e. The average molecular weight is 352 g/mol. The van der Waals surface area contributed by atoms with Gasteiger partial charge in [0.05, 0.1) is 5.75 Å². The van der Waals surface area contributed by atoms with E-state index in [0.717, 1.165) is 48.8 Å². The second-order valence-electron chi connectivity index (χ2n) is 4.48. The Kier molecular flexibility index (Phi) is 5.79. The average Bonchev–Trinajstić information content (AvgIpc) is 2.67. The third-order valence-electron chi connectivity index (χ3n) is 2.85. The maximum atomic E-state index is 12.2. The van der Waals surface area contributed by atoms with E-state index in [9.17, 15) is 13.2 Å². The van der Waals surface area contributed by atoms with Gasteiger partial charge < -0.3 is 5.11 Å². The molecule has 1 fully saturated rings. The molecule has 0 bridgehead atoms. The van der Waals surface area contributed by atoms with Crippen molar-refractivity contribution >= 4 is 44.4 Å². The predicted molar refractivity (Wildman–Crippen MR) is 80.9 cm³/mol. The van der Waals surface area contributed by atoms with Gasteiger partial charge in [-0.1, -0.05) is 35.9 Å². The largest absolute Gasteiger partial charge is 0.481 e. The number of anilines is 1. The molecule has 1 saturated heterocycles. The highest BCUT2D eigenvalue weighted by molar-refractivity contribution is 8.01. The standard InChI is InChI=1S/C10H16N4O4S3/c15-8(16)7-19-10-12-11-9(20-10)13-21(17,18)14-5-3-1-2-4-6-14/h1-7H2,(H,11,13)(H,15,16). The molecule has 11 heteroatoms. The monoisotopic (exact) mass is 352 g/mol. The van der Waals surface area contributed by atoms with Crippen LogP contribution in [-0.4, -0.2) is 52.8 Å². The first-order valence-corrected chi connectivity index (χ1v) is 9.67. The molecule has 21 heavy (non-hydrogen) atoms. The van der Waals surface area contributed by atoms with Crippen LogP contribution in [0.25, 0.3) is 0 Å². The molecule has 1 aliphatic rings. The van der Waals surface area contributed by atoms with E-state index in [2.05, 4.69) is 14.9 Å². The van der Waals surface area contributed by atoms with E-state index in [1.165, 1.54) is 4.31 Å². The van der Waals surface area contributed by atoms with Crippen LogP contribution in [0.3, 0.4) is 0 Å². The van der Waals surface area contributed by atoms with Gasteiger partial charge in [0.15, 0.2) is 4.34 Å². The zero-order chi connectivity index (χ0) is 15.3. The number of carboxylic acid groups (broad SMARTS) is 1. The van der Waals surface area contributed by atoms with Crippen LogP contribution in [0, 0.1) is 0 Å². The molecule has 118 valence electrons. The normalized spacial score (nSPS) is 17.3. The molecule has 0 aliphatic carbocycles. The number of thioether (sulfide) groups is 1. The summed E-state index contributed by atoms with van der Waals surface area (Å²) < 4.78 is 28.7. The molecule has 2 N–H and O–H groups in total. The summed E-state index contributed by atoms with van der Waals surface area (Å²) in [6.07, 6.45) is 3.80. The third-order valence-corrected chi connectivity index (χ3v) is 6.43. The summed E-state index contributed by atoms with van der Waals surface area (Å²) in [7, 11) is -3.61. The van der Waals surface area contributed by atoms with Crippen molar-refractivity contribution in [1.82, 2.24) is 14.5 Å². The summed E-state index contributed by atoms with van der Waals surface area (Å²) in [6.45, 7) is 1.02. The Labute approximate surface area is 131 Å². The SMILES string of the molecule is O=C(O)CSc1nnc(NS(=O)(=O)N2CCCCCC2)s1. The van der Waals surface area contributed by atoms with E-state index in [0.29, 0.717) is 17.4 Å². The summed E-state index contributed by atoms with van der Waals surface area (Å²) in [5, 5.41) is 16.2. The Hall–Kier alpha value is -0.910. The number of hydrogen-bond donors (Lipinski definition) is 2. The van der Waals surface area contributed by atoms with Crippen molar-refractivity contribution in [2.75, 3.05) is 23.6 Å². The van der Waals surface area contributed by atoms with Gasteiger partial charge in [-0.15, -0.1) is 10.2 Å². The molecule has 0 amide bonds. The van der Waals surface area contributed by atoms with Gasteiger partial charge in [0.1, 0.15) is 0 Å². The van der Waals surface area contributed by atoms with Gasteiger partial charge in [0, 0.05) is 13.1 Å². The van der Waals surface area contributed by atoms with E-state index in [1.807, 2.05) is 0 Å². The summed E-state index contributed by atoms with van der Waals surface area (Å²) in [6, 6.07) is 0.